The lowest BCUT2D eigenvalue weighted by molar-refractivity contribution is 0.0742. The molecule has 0 bridgehead atoms. The van der Waals surface area contributed by atoms with Gasteiger partial charge in [-0.05, 0) is 49.0 Å². The Bertz CT molecular complexity index is 881. The van der Waals surface area contributed by atoms with Gasteiger partial charge in [-0.3, -0.25) is 9.36 Å². The van der Waals surface area contributed by atoms with Crippen LogP contribution >= 0.6 is 12.2 Å². The summed E-state index contributed by atoms with van der Waals surface area (Å²) in [5.41, 5.74) is 2.70. The van der Waals surface area contributed by atoms with Gasteiger partial charge >= 0.3 is 0 Å². The predicted molar refractivity (Wildman–Crippen MR) is 97.9 cm³/mol. The minimum absolute atomic E-state index is 0.00410. The largest absolute Gasteiger partial charge is 0.337 e. The standard InChI is InChI=1S/C19H19N3OS/c1-14(15-6-4-3-5-7-15)21(2)18(23)16-8-10-17(11-9-16)22-13-12-20-19(22)24/h3-14H,1-2H3,(H,20,24). The topological polar surface area (TPSA) is 41.0 Å². The first-order chi connectivity index (χ1) is 11.6. The molecule has 4 nitrogen and oxygen atoms in total. The maximum Gasteiger partial charge on any atom is 0.254 e. The second kappa shape index (κ2) is 6.84. The SMILES string of the molecule is CC(c1ccccc1)N(C)C(=O)c1ccc(-n2cc[nH]c2=S)cc1. The molecule has 1 aromatic heterocycles. The maximum atomic E-state index is 12.7. The number of carbonyl (C=O) groups excluding carboxylic acids is 1. The minimum atomic E-state index is -0.00410. The number of imidazole rings is 1. The van der Waals surface area contributed by atoms with E-state index < -0.39 is 0 Å². The molecule has 3 aromatic rings. The molecule has 0 radical (unpaired) electrons. The fraction of sp³-hybridized carbons (Fsp3) is 0.158. The van der Waals surface area contributed by atoms with Gasteiger partial charge in [-0.15, -0.1) is 0 Å². The van der Waals surface area contributed by atoms with Crippen LogP contribution in [-0.2, 0) is 0 Å². The Balaban J connectivity index is 1.80. The van der Waals surface area contributed by atoms with Crippen LogP contribution in [0.25, 0.3) is 5.69 Å². The van der Waals surface area contributed by atoms with E-state index in [2.05, 4.69) is 4.98 Å². The highest BCUT2D eigenvalue weighted by Crippen LogP contribution is 2.21. The zero-order valence-electron chi connectivity index (χ0n) is 13.6. The van der Waals surface area contributed by atoms with E-state index in [1.807, 2.05) is 79.3 Å². The molecule has 3 rings (SSSR count). The molecule has 2 aromatic carbocycles. The summed E-state index contributed by atoms with van der Waals surface area (Å²) >= 11 is 5.21. The average molecular weight is 337 g/mol. The van der Waals surface area contributed by atoms with E-state index >= 15 is 0 Å². The smallest absolute Gasteiger partial charge is 0.254 e. The van der Waals surface area contributed by atoms with Gasteiger partial charge in [0.25, 0.3) is 5.91 Å². The zero-order valence-corrected chi connectivity index (χ0v) is 14.5. The van der Waals surface area contributed by atoms with Crippen LogP contribution < -0.4 is 0 Å². The van der Waals surface area contributed by atoms with Crippen LogP contribution in [0.4, 0.5) is 0 Å². The van der Waals surface area contributed by atoms with E-state index in [1.54, 1.807) is 11.1 Å². The molecule has 0 aliphatic heterocycles. The summed E-state index contributed by atoms with van der Waals surface area (Å²) in [5, 5.41) is 0. The fourth-order valence-corrected chi connectivity index (χ4v) is 2.86. The molecule has 1 atom stereocenters. The Labute approximate surface area is 146 Å². The number of aromatic nitrogens is 2. The summed E-state index contributed by atoms with van der Waals surface area (Å²) in [7, 11) is 1.83. The van der Waals surface area contributed by atoms with Gasteiger partial charge in [0.05, 0.1) is 6.04 Å². The number of nitrogens with zero attached hydrogens (tertiary/aromatic N) is 2. The number of aromatic amines is 1. The van der Waals surface area contributed by atoms with E-state index in [-0.39, 0.29) is 11.9 Å². The molecule has 1 N–H and O–H groups in total. The van der Waals surface area contributed by atoms with Crippen molar-refractivity contribution < 1.29 is 4.79 Å². The predicted octanol–water partition coefficient (Wildman–Crippen LogP) is 4.37. The third-order valence-electron chi connectivity index (χ3n) is 4.22. The Morgan fingerprint density at radius 3 is 2.38 bits per heavy atom. The van der Waals surface area contributed by atoms with E-state index in [9.17, 15) is 4.79 Å². The van der Waals surface area contributed by atoms with Crippen molar-refractivity contribution in [1.82, 2.24) is 14.5 Å². The van der Waals surface area contributed by atoms with Gasteiger partial charge in [0.2, 0.25) is 0 Å². The molecule has 0 fully saturated rings. The van der Waals surface area contributed by atoms with Crippen LogP contribution in [0.2, 0.25) is 0 Å². The molecule has 5 heteroatoms. The maximum absolute atomic E-state index is 12.7. The highest BCUT2D eigenvalue weighted by Gasteiger charge is 2.18. The van der Waals surface area contributed by atoms with Crippen LogP contribution in [0.3, 0.4) is 0 Å². The van der Waals surface area contributed by atoms with Crippen molar-refractivity contribution in [2.45, 2.75) is 13.0 Å². The van der Waals surface area contributed by atoms with E-state index in [0.717, 1.165) is 11.3 Å². The molecule has 122 valence electrons. The molecule has 0 spiro atoms. The molecule has 0 saturated heterocycles. The summed E-state index contributed by atoms with van der Waals surface area (Å²) in [6.07, 6.45) is 3.65. The highest BCUT2D eigenvalue weighted by atomic mass is 32.1. The zero-order chi connectivity index (χ0) is 17.1. The molecule has 0 aliphatic carbocycles. The highest BCUT2D eigenvalue weighted by molar-refractivity contribution is 7.71. The number of hydrogen-bond acceptors (Lipinski definition) is 2. The fourth-order valence-electron chi connectivity index (χ4n) is 2.62. The molecule has 1 heterocycles. The molecule has 1 unspecified atom stereocenters. The van der Waals surface area contributed by atoms with Gasteiger partial charge in [0, 0.05) is 30.7 Å². The Kier molecular flexibility index (Phi) is 4.62. The van der Waals surface area contributed by atoms with Gasteiger partial charge in [0.15, 0.2) is 4.77 Å². The summed E-state index contributed by atoms with van der Waals surface area (Å²) in [6.45, 7) is 2.03. The lowest BCUT2D eigenvalue weighted by Crippen LogP contribution is -2.29. The lowest BCUT2D eigenvalue weighted by Gasteiger charge is -2.25. The second-order valence-corrected chi connectivity index (χ2v) is 6.07. The van der Waals surface area contributed by atoms with Crippen LogP contribution in [0.5, 0.6) is 0 Å². The first-order valence-electron chi connectivity index (χ1n) is 7.76. The Morgan fingerprint density at radius 1 is 1.12 bits per heavy atom. The number of amides is 1. The molecule has 24 heavy (non-hydrogen) atoms. The summed E-state index contributed by atoms with van der Waals surface area (Å²) in [6, 6.07) is 17.5. The summed E-state index contributed by atoms with van der Waals surface area (Å²) in [4.78, 5) is 17.4. The minimum Gasteiger partial charge on any atom is -0.337 e. The normalized spacial score (nSPS) is 11.9. The van der Waals surface area contributed by atoms with Gasteiger partial charge < -0.3 is 9.88 Å². The number of rotatable bonds is 4. The van der Waals surface area contributed by atoms with Crippen molar-refractivity contribution in [2.75, 3.05) is 7.05 Å². The van der Waals surface area contributed by atoms with Crippen molar-refractivity contribution >= 4 is 18.1 Å². The van der Waals surface area contributed by atoms with Crippen LogP contribution in [0, 0.1) is 4.77 Å². The molecular weight excluding hydrogens is 318 g/mol. The number of hydrogen-bond donors (Lipinski definition) is 1. The first kappa shape index (κ1) is 16.2. The third kappa shape index (κ3) is 3.16. The quantitative estimate of drug-likeness (QED) is 0.718. The summed E-state index contributed by atoms with van der Waals surface area (Å²) < 4.78 is 2.49. The van der Waals surface area contributed by atoms with Crippen LogP contribution in [0.1, 0.15) is 28.9 Å². The van der Waals surface area contributed by atoms with Crippen molar-refractivity contribution in [2.24, 2.45) is 0 Å². The van der Waals surface area contributed by atoms with Gasteiger partial charge in [-0.1, -0.05) is 30.3 Å². The average Bonchev–Trinajstić information content (AvgIpc) is 3.06. The van der Waals surface area contributed by atoms with Gasteiger partial charge in [-0.25, -0.2) is 0 Å². The van der Waals surface area contributed by atoms with Crippen molar-refractivity contribution in [3.63, 3.8) is 0 Å². The van der Waals surface area contributed by atoms with Crippen molar-refractivity contribution in [3.05, 3.63) is 82.9 Å². The Hall–Kier alpha value is -2.66. The van der Waals surface area contributed by atoms with Crippen LogP contribution in [0.15, 0.2) is 67.0 Å². The summed E-state index contributed by atoms with van der Waals surface area (Å²) in [5.74, 6) is -0.00410. The molecular formula is C19H19N3OS. The van der Waals surface area contributed by atoms with Gasteiger partial charge in [-0.2, -0.15) is 0 Å². The third-order valence-corrected chi connectivity index (χ3v) is 4.54. The van der Waals surface area contributed by atoms with Crippen molar-refractivity contribution in [3.8, 4) is 5.69 Å². The van der Waals surface area contributed by atoms with Gasteiger partial charge in [0.1, 0.15) is 0 Å². The monoisotopic (exact) mass is 337 g/mol. The Morgan fingerprint density at radius 2 is 1.79 bits per heavy atom. The van der Waals surface area contributed by atoms with E-state index in [1.165, 1.54) is 0 Å². The van der Waals surface area contributed by atoms with Crippen molar-refractivity contribution in [1.29, 1.82) is 0 Å². The van der Waals surface area contributed by atoms with E-state index in [0.29, 0.717) is 10.3 Å². The molecule has 1 amide bonds. The number of benzene rings is 2. The number of carbonyl (C=O) groups is 1. The van der Waals surface area contributed by atoms with Crippen LogP contribution in [-0.4, -0.2) is 27.4 Å². The van der Waals surface area contributed by atoms with E-state index in [4.69, 9.17) is 12.2 Å². The lowest BCUT2D eigenvalue weighted by atomic mass is 10.1. The number of nitrogens with one attached hydrogen (secondary N) is 1. The molecule has 0 aliphatic rings. The first-order valence-corrected chi connectivity index (χ1v) is 8.17. The molecule has 0 saturated carbocycles. The number of H-pyrrole nitrogens is 1. The second-order valence-electron chi connectivity index (χ2n) is 5.68.